The van der Waals surface area contributed by atoms with E-state index in [1.165, 1.54) is 49.0 Å². The van der Waals surface area contributed by atoms with Crippen LogP contribution in [0.25, 0.3) is 71.5 Å². The Morgan fingerprint density at radius 2 is 1.10 bits per heavy atom. The molecule has 0 saturated carbocycles. The number of hydrogen-bond donors (Lipinski definition) is 0. The lowest BCUT2D eigenvalue weighted by atomic mass is 9.88. The van der Waals surface area contributed by atoms with Crippen molar-refractivity contribution in [2.45, 2.75) is 34.6 Å². The highest BCUT2D eigenvalue weighted by Crippen LogP contribution is 2.42. The van der Waals surface area contributed by atoms with E-state index in [4.69, 9.17) is 4.98 Å². The lowest BCUT2D eigenvalue weighted by molar-refractivity contribution is 1.29. The van der Waals surface area contributed by atoms with Crippen LogP contribution in [0.15, 0.2) is 159 Å². The van der Waals surface area contributed by atoms with Crippen molar-refractivity contribution < 1.29 is 0 Å². The highest BCUT2D eigenvalue weighted by atomic mass is 14.7. The minimum absolute atomic E-state index is 0.949. The van der Waals surface area contributed by atoms with Crippen LogP contribution in [0.5, 0.6) is 0 Å². The molecule has 0 fully saturated rings. The molecule has 49 heavy (non-hydrogen) atoms. The summed E-state index contributed by atoms with van der Waals surface area (Å²) in [6.07, 6.45) is 14.8. The normalized spacial score (nSPS) is 10.8. The van der Waals surface area contributed by atoms with Crippen LogP contribution in [-0.2, 0) is 0 Å². The summed E-state index contributed by atoms with van der Waals surface area (Å²) in [5, 5.41) is 7.54. The Balaban J connectivity index is 0.000000264. The molecule has 4 aromatic carbocycles. The van der Waals surface area contributed by atoms with Gasteiger partial charge in [-0.1, -0.05) is 86.7 Å². The molecule has 0 saturated heterocycles. The van der Waals surface area contributed by atoms with Crippen molar-refractivity contribution in [1.82, 2.24) is 19.9 Å². The van der Waals surface area contributed by atoms with Gasteiger partial charge in [-0.3, -0.25) is 15.0 Å². The van der Waals surface area contributed by atoms with E-state index in [1.54, 1.807) is 18.5 Å². The molecule has 4 heterocycles. The summed E-state index contributed by atoms with van der Waals surface area (Å²) in [4.78, 5) is 17.4. The topological polar surface area (TPSA) is 51.6 Å². The van der Waals surface area contributed by atoms with Crippen LogP contribution < -0.4 is 0 Å². The average molecular weight is 639 g/mol. The molecule has 242 valence electrons. The Bertz CT molecular complexity index is 2280. The van der Waals surface area contributed by atoms with E-state index in [9.17, 15) is 0 Å². The van der Waals surface area contributed by atoms with E-state index in [0.717, 1.165) is 28.1 Å². The lowest BCUT2D eigenvalue weighted by Crippen LogP contribution is -1.92. The minimum Gasteiger partial charge on any atom is -0.265 e. The molecule has 0 spiro atoms. The zero-order chi connectivity index (χ0) is 34.6. The number of allylic oxidation sites excluding steroid dienone is 3. The van der Waals surface area contributed by atoms with Crippen molar-refractivity contribution in [3.8, 4) is 33.6 Å². The maximum atomic E-state index is 5.02. The fraction of sp³-hybridized carbons (Fsp3) is 0.111. The van der Waals surface area contributed by atoms with E-state index in [-0.39, 0.29) is 0 Å². The van der Waals surface area contributed by atoms with Gasteiger partial charge in [-0.25, -0.2) is 4.98 Å². The van der Waals surface area contributed by atoms with E-state index >= 15 is 0 Å². The second kappa shape index (κ2) is 16.7. The Morgan fingerprint density at radius 1 is 0.551 bits per heavy atom. The zero-order valence-electron chi connectivity index (χ0n) is 28.9. The van der Waals surface area contributed by atoms with Crippen LogP contribution >= 0.6 is 0 Å². The molecule has 8 aromatic rings. The van der Waals surface area contributed by atoms with Gasteiger partial charge in [0.05, 0.1) is 11.4 Å². The number of rotatable bonds is 4. The van der Waals surface area contributed by atoms with Crippen LogP contribution in [0.4, 0.5) is 0 Å². The average Bonchev–Trinajstić information content (AvgIpc) is 3.19. The van der Waals surface area contributed by atoms with Gasteiger partial charge in [0.2, 0.25) is 0 Å². The molecule has 0 aliphatic rings. The molecule has 0 aliphatic carbocycles. The summed E-state index contributed by atoms with van der Waals surface area (Å²) in [5.41, 5.74) is 9.01. The quantitative estimate of drug-likeness (QED) is 0.142. The standard InChI is InChI=1S/C31H19N3.C9H11N.C3H6.C2H6/c1-4-28(20-14-17-32-18-15-20)34-29(5-1)25-11-7-22-8-12-26-24(23-3-2-16-33-19-23)10-6-21-9-13-27(25)31(22)30(21)26;1-3-8(2)9-4-6-10-7-5-9;1-3-2;1-2/h1-19H;3-7H,1-2H3;3H,1H2,2H3;1-2H3/b;8-3+;;. The molecule has 4 aromatic heterocycles. The molecule has 8 rings (SSSR count). The van der Waals surface area contributed by atoms with Gasteiger partial charge in [-0.15, -0.1) is 6.58 Å². The fourth-order valence-electron chi connectivity index (χ4n) is 5.85. The van der Waals surface area contributed by atoms with Crippen molar-refractivity contribution in [3.63, 3.8) is 0 Å². The molecule has 0 bridgehead atoms. The van der Waals surface area contributed by atoms with E-state index in [1.807, 2.05) is 82.8 Å². The third-order valence-corrected chi connectivity index (χ3v) is 8.21. The SMILES string of the molecule is C/C=C(\C)c1ccncc1.C=CC.CC.c1cncc(-c2ccc3ccc4c(-c5cccc(-c6ccncc6)n5)ccc5ccc2c3c54)c1. The number of nitrogens with zero attached hydrogens (tertiary/aromatic N) is 4. The van der Waals surface area contributed by atoms with Gasteiger partial charge in [0.1, 0.15) is 0 Å². The van der Waals surface area contributed by atoms with Crippen molar-refractivity contribution >= 4 is 37.9 Å². The highest BCUT2D eigenvalue weighted by molar-refractivity contribution is 6.27. The van der Waals surface area contributed by atoms with Crippen LogP contribution in [0.1, 0.15) is 40.2 Å². The van der Waals surface area contributed by atoms with Gasteiger partial charge < -0.3 is 0 Å². The minimum atomic E-state index is 0.949. The molecule has 0 radical (unpaired) electrons. The summed E-state index contributed by atoms with van der Waals surface area (Å²) in [5.74, 6) is 0. The number of pyridine rings is 4. The first-order chi connectivity index (χ1) is 24.1. The van der Waals surface area contributed by atoms with Crippen LogP contribution in [-0.4, -0.2) is 19.9 Å². The van der Waals surface area contributed by atoms with Crippen LogP contribution in [0, 0.1) is 0 Å². The molecule has 4 nitrogen and oxygen atoms in total. The first kappa shape index (κ1) is 34.3. The molecule has 0 N–H and O–H groups in total. The smallest absolute Gasteiger partial charge is 0.0715 e. The lowest BCUT2D eigenvalue weighted by Gasteiger charge is -2.16. The fourth-order valence-corrected chi connectivity index (χ4v) is 5.85. The predicted molar refractivity (Wildman–Crippen MR) is 211 cm³/mol. The molecular weight excluding hydrogens is 597 g/mol. The summed E-state index contributed by atoms with van der Waals surface area (Å²) in [7, 11) is 0. The second-order valence-corrected chi connectivity index (χ2v) is 11.2. The van der Waals surface area contributed by atoms with Crippen LogP contribution in [0.2, 0.25) is 0 Å². The Morgan fingerprint density at radius 3 is 1.69 bits per heavy atom. The van der Waals surface area contributed by atoms with Gasteiger partial charge in [-0.05, 0) is 112 Å². The molecular formula is C45H42N4. The predicted octanol–water partition coefficient (Wildman–Crippen LogP) is 12.5. The summed E-state index contributed by atoms with van der Waals surface area (Å²) < 4.78 is 0. The first-order valence-corrected chi connectivity index (χ1v) is 16.7. The third kappa shape index (κ3) is 7.61. The Hall–Kier alpha value is -6.00. The number of hydrogen-bond acceptors (Lipinski definition) is 4. The molecule has 0 atom stereocenters. The summed E-state index contributed by atoms with van der Waals surface area (Å²) >= 11 is 0. The number of benzene rings is 4. The molecule has 4 heteroatoms. The van der Waals surface area contributed by atoms with E-state index < -0.39 is 0 Å². The largest absolute Gasteiger partial charge is 0.265 e. The van der Waals surface area contributed by atoms with Crippen LogP contribution in [0.3, 0.4) is 0 Å². The summed E-state index contributed by atoms with van der Waals surface area (Å²) in [6, 6.07) is 36.1. The van der Waals surface area contributed by atoms with Crippen molar-refractivity contribution in [2.24, 2.45) is 0 Å². The maximum absolute atomic E-state index is 5.02. The Kier molecular flexibility index (Phi) is 11.7. The molecule has 0 aliphatic heterocycles. The monoisotopic (exact) mass is 638 g/mol. The number of aromatic nitrogens is 4. The van der Waals surface area contributed by atoms with E-state index in [0.29, 0.717) is 0 Å². The zero-order valence-corrected chi connectivity index (χ0v) is 28.9. The van der Waals surface area contributed by atoms with Crippen molar-refractivity contribution in [2.75, 3.05) is 0 Å². The van der Waals surface area contributed by atoms with Gasteiger partial charge in [0.25, 0.3) is 0 Å². The van der Waals surface area contributed by atoms with Crippen molar-refractivity contribution in [3.05, 3.63) is 165 Å². The van der Waals surface area contributed by atoms with Gasteiger partial charge in [0, 0.05) is 53.9 Å². The Labute approximate surface area is 289 Å². The summed E-state index contributed by atoms with van der Waals surface area (Å²) in [6.45, 7) is 13.4. The maximum Gasteiger partial charge on any atom is 0.0715 e. The van der Waals surface area contributed by atoms with E-state index in [2.05, 4.69) is 107 Å². The van der Waals surface area contributed by atoms with Gasteiger partial charge >= 0.3 is 0 Å². The van der Waals surface area contributed by atoms with Gasteiger partial charge in [-0.2, -0.15) is 0 Å². The van der Waals surface area contributed by atoms with Crippen molar-refractivity contribution in [1.29, 1.82) is 0 Å². The molecule has 0 amide bonds. The molecule has 0 unspecified atom stereocenters. The third-order valence-electron chi connectivity index (χ3n) is 8.21. The second-order valence-electron chi connectivity index (χ2n) is 11.2. The first-order valence-electron chi connectivity index (χ1n) is 16.7. The van der Waals surface area contributed by atoms with Gasteiger partial charge in [0.15, 0.2) is 0 Å². The highest BCUT2D eigenvalue weighted by Gasteiger charge is 2.15.